The van der Waals surface area contributed by atoms with Crippen LogP contribution in [0.4, 0.5) is 11.4 Å². The van der Waals surface area contributed by atoms with Gasteiger partial charge in [0.2, 0.25) is 0 Å². The topological polar surface area (TPSA) is 131 Å². The molecule has 136 valence electrons. The number of carbonyl (C=O) groups excluding carboxylic acids is 3. The number of Topliss-reactive ketones (excluding diaryl/α,β-unsaturated/α-hetero) is 1. The first kappa shape index (κ1) is 18.8. The lowest BCUT2D eigenvalue weighted by Gasteiger charge is -2.06. The number of aromatic amines is 1. The van der Waals surface area contributed by atoms with E-state index >= 15 is 0 Å². The van der Waals surface area contributed by atoms with Crippen LogP contribution < -0.4 is 5.32 Å². The van der Waals surface area contributed by atoms with E-state index < -0.39 is 23.4 Å². The lowest BCUT2D eigenvalue weighted by atomic mass is 10.1. The molecule has 1 aromatic heterocycles. The molecule has 0 saturated carbocycles. The fourth-order valence-electron chi connectivity index (χ4n) is 2.55. The summed E-state index contributed by atoms with van der Waals surface area (Å²) >= 11 is 0. The number of benzene rings is 1. The number of nitrogens with zero attached hydrogens (tertiary/aromatic N) is 1. The number of H-pyrrole nitrogens is 1. The van der Waals surface area contributed by atoms with E-state index in [1.807, 2.05) is 0 Å². The maximum Gasteiger partial charge on any atom is 0.355 e. The number of ketones is 1. The molecule has 9 nitrogen and oxygen atoms in total. The lowest BCUT2D eigenvalue weighted by molar-refractivity contribution is -0.384. The molecular weight excluding hydrogens is 342 g/mol. The second-order valence-electron chi connectivity index (χ2n) is 5.61. The summed E-state index contributed by atoms with van der Waals surface area (Å²) in [6.45, 7) is 4.15. The first-order valence-corrected chi connectivity index (χ1v) is 7.62. The third-order valence-corrected chi connectivity index (χ3v) is 3.69. The van der Waals surface area contributed by atoms with Gasteiger partial charge < -0.3 is 15.0 Å². The number of ether oxygens (including phenoxy) is 1. The van der Waals surface area contributed by atoms with Crippen LogP contribution in [0.5, 0.6) is 0 Å². The van der Waals surface area contributed by atoms with Crippen molar-refractivity contribution in [3.8, 4) is 0 Å². The largest absolute Gasteiger partial charge is 0.451 e. The molecule has 0 atom stereocenters. The molecule has 0 radical (unpaired) electrons. The number of carbonyl (C=O) groups is 3. The van der Waals surface area contributed by atoms with Crippen molar-refractivity contribution in [2.45, 2.75) is 20.8 Å². The molecule has 0 fully saturated rings. The minimum Gasteiger partial charge on any atom is -0.451 e. The molecule has 1 aromatic carbocycles. The van der Waals surface area contributed by atoms with Crippen molar-refractivity contribution in [3.05, 3.63) is 56.9 Å². The molecule has 0 unspecified atom stereocenters. The first-order valence-electron chi connectivity index (χ1n) is 7.62. The highest BCUT2D eigenvalue weighted by atomic mass is 16.6. The maximum atomic E-state index is 12.1. The highest BCUT2D eigenvalue weighted by Crippen LogP contribution is 2.19. The number of nitro benzene ring substituents is 1. The predicted molar refractivity (Wildman–Crippen MR) is 92.3 cm³/mol. The molecule has 2 N–H and O–H groups in total. The van der Waals surface area contributed by atoms with Crippen molar-refractivity contribution < 1.29 is 24.0 Å². The second-order valence-corrected chi connectivity index (χ2v) is 5.61. The van der Waals surface area contributed by atoms with E-state index in [4.69, 9.17) is 4.74 Å². The van der Waals surface area contributed by atoms with Gasteiger partial charge >= 0.3 is 5.97 Å². The zero-order valence-corrected chi connectivity index (χ0v) is 14.4. The number of rotatable bonds is 6. The Balaban J connectivity index is 1.97. The summed E-state index contributed by atoms with van der Waals surface area (Å²) in [5.74, 6) is -1.52. The normalized spacial score (nSPS) is 10.3. The number of hydrogen-bond acceptors (Lipinski definition) is 6. The smallest absolute Gasteiger partial charge is 0.355 e. The van der Waals surface area contributed by atoms with Crippen LogP contribution in [0.3, 0.4) is 0 Å². The Morgan fingerprint density at radius 3 is 2.31 bits per heavy atom. The minimum absolute atomic E-state index is 0.103. The van der Waals surface area contributed by atoms with E-state index in [1.165, 1.54) is 31.2 Å². The molecule has 2 aromatic rings. The van der Waals surface area contributed by atoms with E-state index in [1.54, 1.807) is 13.8 Å². The van der Waals surface area contributed by atoms with Gasteiger partial charge in [-0.05, 0) is 38.5 Å². The molecule has 0 saturated heterocycles. The molecule has 26 heavy (non-hydrogen) atoms. The Hall–Kier alpha value is -3.49. The van der Waals surface area contributed by atoms with Crippen LogP contribution in [-0.4, -0.2) is 34.2 Å². The van der Waals surface area contributed by atoms with E-state index in [-0.39, 0.29) is 17.2 Å². The number of amides is 1. The standard InChI is InChI=1S/C17H17N3O6/c1-9-15(11(3)21)10(2)18-16(9)17(23)26-8-14(22)19-12-4-6-13(7-5-12)20(24)25/h4-7,18H,8H2,1-3H3,(H,19,22). The van der Waals surface area contributed by atoms with Crippen molar-refractivity contribution >= 4 is 29.0 Å². The summed E-state index contributed by atoms with van der Waals surface area (Å²) in [7, 11) is 0. The Morgan fingerprint density at radius 1 is 1.19 bits per heavy atom. The predicted octanol–water partition coefficient (Wildman–Crippen LogP) is 2.54. The van der Waals surface area contributed by atoms with Crippen LogP contribution in [0.15, 0.2) is 24.3 Å². The number of nitro groups is 1. The lowest BCUT2D eigenvalue weighted by Crippen LogP contribution is -2.21. The molecule has 0 aliphatic carbocycles. The Kier molecular flexibility index (Phi) is 5.51. The van der Waals surface area contributed by atoms with Gasteiger partial charge in [0.1, 0.15) is 5.69 Å². The van der Waals surface area contributed by atoms with Crippen molar-refractivity contribution in [2.75, 3.05) is 11.9 Å². The Bertz CT molecular complexity index is 883. The van der Waals surface area contributed by atoms with Crippen LogP contribution >= 0.6 is 0 Å². The number of aryl methyl sites for hydroxylation is 1. The SMILES string of the molecule is CC(=O)c1c(C)[nH]c(C(=O)OCC(=O)Nc2ccc([N+](=O)[O-])cc2)c1C. The molecule has 0 spiro atoms. The minimum atomic E-state index is -0.753. The van der Waals surface area contributed by atoms with Gasteiger partial charge in [-0.1, -0.05) is 0 Å². The van der Waals surface area contributed by atoms with Crippen molar-refractivity contribution in [3.63, 3.8) is 0 Å². The summed E-state index contributed by atoms with van der Waals surface area (Å²) in [5.41, 5.74) is 1.80. The molecule has 9 heteroatoms. The first-order chi connectivity index (χ1) is 12.2. The van der Waals surface area contributed by atoms with E-state index in [9.17, 15) is 24.5 Å². The Morgan fingerprint density at radius 2 is 1.81 bits per heavy atom. The number of nitrogens with one attached hydrogen (secondary N) is 2. The highest BCUT2D eigenvalue weighted by molar-refractivity contribution is 6.01. The average molecular weight is 359 g/mol. The molecular formula is C17H17N3O6. The van der Waals surface area contributed by atoms with Gasteiger partial charge in [-0.25, -0.2) is 4.79 Å². The number of esters is 1. The molecule has 0 bridgehead atoms. The molecule has 1 heterocycles. The van der Waals surface area contributed by atoms with Crippen molar-refractivity contribution in [2.24, 2.45) is 0 Å². The van der Waals surface area contributed by atoms with Crippen LogP contribution in [0.1, 0.15) is 39.0 Å². The third-order valence-electron chi connectivity index (χ3n) is 3.69. The average Bonchev–Trinajstić information content (AvgIpc) is 2.87. The second kappa shape index (κ2) is 7.60. The van der Waals surface area contributed by atoms with Crippen molar-refractivity contribution in [1.29, 1.82) is 0 Å². The quantitative estimate of drug-likeness (QED) is 0.353. The Labute approximate surface area is 148 Å². The third kappa shape index (κ3) is 4.12. The monoisotopic (exact) mass is 359 g/mol. The van der Waals surface area contributed by atoms with Crippen LogP contribution in [0, 0.1) is 24.0 Å². The zero-order chi connectivity index (χ0) is 19.4. The zero-order valence-electron chi connectivity index (χ0n) is 14.4. The van der Waals surface area contributed by atoms with Gasteiger partial charge in [-0.2, -0.15) is 0 Å². The van der Waals surface area contributed by atoms with Crippen molar-refractivity contribution in [1.82, 2.24) is 4.98 Å². The van der Waals surface area contributed by atoms with E-state index in [2.05, 4.69) is 10.3 Å². The molecule has 1 amide bonds. The summed E-state index contributed by atoms with van der Waals surface area (Å²) in [6, 6.07) is 5.23. The number of aromatic nitrogens is 1. The highest BCUT2D eigenvalue weighted by Gasteiger charge is 2.21. The molecule has 2 rings (SSSR count). The van der Waals surface area contributed by atoms with E-state index in [0.717, 1.165) is 0 Å². The number of anilines is 1. The number of non-ortho nitro benzene ring substituents is 1. The van der Waals surface area contributed by atoms with Gasteiger partial charge in [0.05, 0.1) is 4.92 Å². The van der Waals surface area contributed by atoms with Gasteiger partial charge in [0.25, 0.3) is 11.6 Å². The van der Waals surface area contributed by atoms with Gasteiger partial charge in [0, 0.05) is 29.1 Å². The summed E-state index contributed by atoms with van der Waals surface area (Å²) < 4.78 is 4.95. The van der Waals surface area contributed by atoms with Crippen LogP contribution in [0.2, 0.25) is 0 Å². The fraction of sp³-hybridized carbons (Fsp3) is 0.235. The fourth-order valence-corrected chi connectivity index (χ4v) is 2.55. The summed E-state index contributed by atoms with van der Waals surface area (Å²) in [4.78, 5) is 48.4. The van der Waals surface area contributed by atoms with Crippen LogP contribution in [0.25, 0.3) is 0 Å². The van der Waals surface area contributed by atoms with Crippen LogP contribution in [-0.2, 0) is 9.53 Å². The van der Waals surface area contributed by atoms with Gasteiger partial charge in [0.15, 0.2) is 12.4 Å². The summed E-state index contributed by atoms with van der Waals surface area (Å²) in [6.07, 6.45) is 0. The molecule has 0 aliphatic rings. The summed E-state index contributed by atoms with van der Waals surface area (Å²) in [5, 5.41) is 13.0. The van der Waals surface area contributed by atoms with E-state index in [0.29, 0.717) is 22.5 Å². The van der Waals surface area contributed by atoms with Gasteiger partial charge in [-0.3, -0.25) is 19.7 Å². The molecule has 0 aliphatic heterocycles. The number of hydrogen-bond donors (Lipinski definition) is 2. The van der Waals surface area contributed by atoms with Gasteiger partial charge in [-0.15, -0.1) is 0 Å². The maximum absolute atomic E-state index is 12.1.